The normalized spacial score (nSPS) is 31.6. The minimum Gasteiger partial charge on any atom is -0.394 e. The predicted octanol–water partition coefficient (Wildman–Crippen LogP) is 1.05. The van der Waals surface area contributed by atoms with E-state index in [0.29, 0.717) is 6.61 Å². The Morgan fingerprint density at radius 1 is 0.905 bits per heavy atom. The van der Waals surface area contributed by atoms with E-state index in [4.69, 9.17) is 14.6 Å². The van der Waals surface area contributed by atoms with Crippen LogP contribution in [-0.2, 0) is 9.47 Å². The van der Waals surface area contributed by atoms with Gasteiger partial charge < -0.3 is 29.9 Å². The van der Waals surface area contributed by atoms with E-state index in [-0.39, 0.29) is 0 Å². The molecule has 0 radical (unpaired) electrons. The van der Waals surface area contributed by atoms with Gasteiger partial charge >= 0.3 is 0 Å². The minimum atomic E-state index is -1.36. The van der Waals surface area contributed by atoms with Gasteiger partial charge in [0.1, 0.15) is 24.4 Å². The number of hydrogen-bond donors (Lipinski definition) is 4. The molecule has 0 aromatic carbocycles. The Balaban J connectivity index is 0. The fraction of sp³-hybridized carbons (Fsp3) is 1.00. The van der Waals surface area contributed by atoms with Crippen molar-refractivity contribution in [3.8, 4) is 0 Å². The maximum atomic E-state index is 9.64. The summed E-state index contributed by atoms with van der Waals surface area (Å²) >= 11 is 0. The number of aliphatic hydroxyl groups excluding tert-OH is 4. The SMILES string of the molecule is CC.CC.CCCCCOC1OC(CO)C(O)C(O)C1O. The van der Waals surface area contributed by atoms with Crippen LogP contribution >= 0.6 is 0 Å². The minimum absolute atomic E-state index is 0.413. The molecule has 6 heteroatoms. The van der Waals surface area contributed by atoms with Crippen molar-refractivity contribution in [1.29, 1.82) is 0 Å². The average molecular weight is 310 g/mol. The van der Waals surface area contributed by atoms with Crippen LogP contribution < -0.4 is 0 Å². The fourth-order valence-electron chi connectivity index (χ4n) is 1.76. The van der Waals surface area contributed by atoms with E-state index < -0.39 is 37.3 Å². The van der Waals surface area contributed by atoms with Crippen molar-refractivity contribution < 1.29 is 29.9 Å². The van der Waals surface area contributed by atoms with Crippen LogP contribution in [0.4, 0.5) is 0 Å². The lowest BCUT2D eigenvalue weighted by atomic mass is 9.99. The van der Waals surface area contributed by atoms with E-state index in [0.717, 1.165) is 19.3 Å². The molecule has 1 heterocycles. The number of aliphatic hydroxyl groups is 4. The van der Waals surface area contributed by atoms with Crippen LogP contribution in [0.15, 0.2) is 0 Å². The zero-order valence-corrected chi connectivity index (χ0v) is 14.0. The maximum Gasteiger partial charge on any atom is 0.186 e. The number of ether oxygens (including phenoxy) is 2. The summed E-state index contributed by atoms with van der Waals surface area (Å²) in [5.74, 6) is 0. The highest BCUT2D eigenvalue weighted by atomic mass is 16.7. The molecule has 0 aromatic rings. The maximum absolute atomic E-state index is 9.64. The van der Waals surface area contributed by atoms with Crippen molar-refractivity contribution in [3.63, 3.8) is 0 Å². The van der Waals surface area contributed by atoms with E-state index in [1.807, 2.05) is 27.7 Å². The van der Waals surface area contributed by atoms with Gasteiger partial charge in [-0.1, -0.05) is 47.5 Å². The Hall–Kier alpha value is -0.240. The van der Waals surface area contributed by atoms with Gasteiger partial charge in [0, 0.05) is 6.61 Å². The van der Waals surface area contributed by atoms with Gasteiger partial charge in [0.2, 0.25) is 0 Å². The third-order valence-electron chi connectivity index (χ3n) is 2.88. The van der Waals surface area contributed by atoms with E-state index in [9.17, 15) is 15.3 Å². The first kappa shape index (κ1) is 23.0. The number of unbranched alkanes of at least 4 members (excludes halogenated alkanes) is 2. The molecule has 1 saturated heterocycles. The zero-order chi connectivity index (χ0) is 16.8. The first-order chi connectivity index (χ1) is 10.1. The topological polar surface area (TPSA) is 99.4 Å². The lowest BCUT2D eigenvalue weighted by Gasteiger charge is -2.39. The molecule has 0 saturated carbocycles. The molecule has 5 unspecified atom stereocenters. The molecule has 5 atom stereocenters. The van der Waals surface area contributed by atoms with Crippen molar-refractivity contribution in [2.75, 3.05) is 13.2 Å². The number of rotatable bonds is 6. The van der Waals surface area contributed by atoms with E-state index >= 15 is 0 Å². The summed E-state index contributed by atoms with van der Waals surface area (Å²) in [6.45, 7) is 10.0. The molecule has 6 nitrogen and oxygen atoms in total. The molecule has 1 fully saturated rings. The van der Waals surface area contributed by atoms with Crippen LogP contribution in [0.3, 0.4) is 0 Å². The lowest BCUT2D eigenvalue weighted by molar-refractivity contribution is -0.301. The Morgan fingerprint density at radius 3 is 1.95 bits per heavy atom. The van der Waals surface area contributed by atoms with E-state index in [1.54, 1.807) is 0 Å². The molecule has 0 bridgehead atoms. The molecule has 0 aromatic heterocycles. The van der Waals surface area contributed by atoms with E-state index in [2.05, 4.69) is 6.92 Å². The van der Waals surface area contributed by atoms with Crippen molar-refractivity contribution >= 4 is 0 Å². The molecule has 0 amide bonds. The van der Waals surface area contributed by atoms with Gasteiger partial charge in [-0.05, 0) is 6.42 Å². The van der Waals surface area contributed by atoms with Crippen LogP contribution in [0.5, 0.6) is 0 Å². The Kier molecular flexibility index (Phi) is 16.1. The second-order valence-electron chi connectivity index (χ2n) is 4.28. The zero-order valence-electron chi connectivity index (χ0n) is 14.0. The molecule has 0 spiro atoms. The third-order valence-corrected chi connectivity index (χ3v) is 2.88. The first-order valence-corrected chi connectivity index (χ1v) is 8.04. The summed E-state index contributed by atoms with van der Waals surface area (Å²) in [6.07, 6.45) is -2.98. The quantitative estimate of drug-likeness (QED) is 0.547. The van der Waals surface area contributed by atoms with Crippen molar-refractivity contribution in [1.82, 2.24) is 0 Å². The summed E-state index contributed by atoms with van der Waals surface area (Å²) in [5, 5.41) is 37.6. The second-order valence-corrected chi connectivity index (χ2v) is 4.28. The fourth-order valence-corrected chi connectivity index (χ4v) is 1.76. The standard InChI is InChI=1S/C11H22O6.2C2H6/c1-2-3-4-5-16-11-10(15)9(14)8(13)7(6-12)17-11;2*1-2/h7-15H,2-6H2,1H3;2*1-2H3. The second kappa shape index (κ2) is 14.7. The van der Waals surface area contributed by atoms with Gasteiger partial charge in [0.05, 0.1) is 6.61 Å². The van der Waals surface area contributed by atoms with Crippen LogP contribution in [0.2, 0.25) is 0 Å². The summed E-state index contributed by atoms with van der Waals surface area (Å²) in [5.41, 5.74) is 0. The third kappa shape index (κ3) is 8.09. The Bertz CT molecular complexity index is 212. The molecular formula is C15H34O6. The van der Waals surface area contributed by atoms with Gasteiger partial charge in [-0.3, -0.25) is 0 Å². The van der Waals surface area contributed by atoms with Crippen LogP contribution in [0.25, 0.3) is 0 Å². The Morgan fingerprint density at radius 2 is 1.48 bits per heavy atom. The Labute approximate surface area is 128 Å². The summed E-state index contributed by atoms with van der Waals surface area (Å²) in [6, 6.07) is 0. The average Bonchev–Trinajstić information content (AvgIpc) is 2.55. The van der Waals surface area contributed by atoms with Crippen LogP contribution in [0, 0.1) is 0 Å². The van der Waals surface area contributed by atoms with Crippen molar-refractivity contribution in [2.45, 2.75) is 84.6 Å². The highest BCUT2D eigenvalue weighted by molar-refractivity contribution is 4.88. The van der Waals surface area contributed by atoms with Gasteiger partial charge in [-0.25, -0.2) is 0 Å². The van der Waals surface area contributed by atoms with Crippen molar-refractivity contribution in [2.24, 2.45) is 0 Å². The summed E-state index contributed by atoms with van der Waals surface area (Å²) in [4.78, 5) is 0. The van der Waals surface area contributed by atoms with Gasteiger partial charge in [-0.15, -0.1) is 0 Å². The van der Waals surface area contributed by atoms with Gasteiger partial charge in [0.15, 0.2) is 6.29 Å². The molecule has 1 aliphatic heterocycles. The van der Waals surface area contributed by atoms with Gasteiger partial charge in [-0.2, -0.15) is 0 Å². The largest absolute Gasteiger partial charge is 0.394 e. The highest BCUT2D eigenvalue weighted by Gasteiger charge is 2.43. The van der Waals surface area contributed by atoms with Gasteiger partial charge in [0.25, 0.3) is 0 Å². The predicted molar refractivity (Wildman–Crippen MR) is 81.9 cm³/mol. The lowest BCUT2D eigenvalue weighted by Crippen LogP contribution is -2.59. The summed E-state index contributed by atoms with van der Waals surface area (Å²) < 4.78 is 10.5. The smallest absolute Gasteiger partial charge is 0.186 e. The molecule has 21 heavy (non-hydrogen) atoms. The van der Waals surface area contributed by atoms with Crippen molar-refractivity contribution in [3.05, 3.63) is 0 Å². The van der Waals surface area contributed by atoms with E-state index in [1.165, 1.54) is 0 Å². The molecule has 4 N–H and O–H groups in total. The van der Waals surface area contributed by atoms with Crippen LogP contribution in [0.1, 0.15) is 53.9 Å². The number of hydrogen-bond acceptors (Lipinski definition) is 6. The molecule has 0 aliphatic carbocycles. The molecule has 1 aliphatic rings. The first-order valence-electron chi connectivity index (χ1n) is 8.04. The molecule has 130 valence electrons. The summed E-state index contributed by atoms with van der Waals surface area (Å²) in [7, 11) is 0. The monoisotopic (exact) mass is 310 g/mol. The highest BCUT2D eigenvalue weighted by Crippen LogP contribution is 2.22. The van der Waals surface area contributed by atoms with Crippen LogP contribution in [-0.4, -0.2) is 64.3 Å². The molecular weight excluding hydrogens is 276 g/mol. The molecule has 1 rings (SSSR count).